The third-order valence-electron chi connectivity index (χ3n) is 8.54. The fourth-order valence-electron chi connectivity index (χ4n) is 5.89. The lowest BCUT2D eigenvalue weighted by Crippen LogP contribution is -2.51. The van der Waals surface area contributed by atoms with E-state index in [1.54, 1.807) is 30.3 Å². The number of ketones is 2. The van der Waals surface area contributed by atoms with Crippen LogP contribution in [0.25, 0.3) is 10.8 Å². The second-order valence-electron chi connectivity index (χ2n) is 13.2. The summed E-state index contributed by atoms with van der Waals surface area (Å²) in [6.45, 7) is 3.39. The van der Waals surface area contributed by atoms with E-state index in [2.05, 4.69) is 10.6 Å². The van der Waals surface area contributed by atoms with Crippen molar-refractivity contribution in [3.63, 3.8) is 0 Å². The molecule has 0 aliphatic rings. The van der Waals surface area contributed by atoms with Crippen molar-refractivity contribution in [3.05, 3.63) is 120 Å². The first-order valence-corrected chi connectivity index (χ1v) is 17.1. The van der Waals surface area contributed by atoms with Crippen LogP contribution in [0.1, 0.15) is 49.8 Å². The molecule has 0 bridgehead atoms. The predicted octanol–water partition coefficient (Wildman–Crippen LogP) is 4.65. The summed E-state index contributed by atoms with van der Waals surface area (Å²) in [7, 11) is 0. The molecule has 3 atom stereocenters. The Labute approximate surface area is 298 Å². The smallest absolute Gasteiger partial charge is 0.306 e. The minimum Gasteiger partial charge on any atom is -0.461 e. The average molecular weight is 692 g/mol. The zero-order valence-corrected chi connectivity index (χ0v) is 29.0. The van der Waals surface area contributed by atoms with Crippen molar-refractivity contribution in [2.75, 3.05) is 6.54 Å². The lowest BCUT2D eigenvalue weighted by atomic mass is 9.92. The Hall–Kier alpha value is -5.64. The highest BCUT2D eigenvalue weighted by molar-refractivity contribution is 6.38. The number of hydrogen-bond donors (Lipinski definition) is 3. The van der Waals surface area contributed by atoms with Crippen LogP contribution in [-0.4, -0.2) is 47.8 Å². The Bertz CT molecular complexity index is 1830. The Morgan fingerprint density at radius 1 is 0.686 bits per heavy atom. The summed E-state index contributed by atoms with van der Waals surface area (Å²) in [5.74, 6) is -5.82. The zero-order valence-electron chi connectivity index (χ0n) is 29.0. The van der Waals surface area contributed by atoms with Gasteiger partial charge in [-0.25, -0.2) is 0 Å². The van der Waals surface area contributed by atoms with Gasteiger partial charge >= 0.3 is 5.97 Å². The van der Waals surface area contributed by atoms with E-state index >= 15 is 0 Å². The van der Waals surface area contributed by atoms with Gasteiger partial charge in [0.2, 0.25) is 17.6 Å². The minimum absolute atomic E-state index is 0.00907. The van der Waals surface area contributed by atoms with Crippen LogP contribution in [0.5, 0.6) is 0 Å². The molecule has 10 nitrogen and oxygen atoms in total. The molecule has 0 radical (unpaired) electrons. The summed E-state index contributed by atoms with van der Waals surface area (Å²) in [4.78, 5) is 78.1. The molecule has 4 aromatic rings. The topological polar surface area (TPSA) is 162 Å². The summed E-state index contributed by atoms with van der Waals surface area (Å²) < 4.78 is 5.41. The van der Waals surface area contributed by atoms with Gasteiger partial charge in [-0.05, 0) is 46.2 Å². The van der Waals surface area contributed by atoms with Crippen LogP contribution >= 0.6 is 0 Å². The van der Waals surface area contributed by atoms with Crippen LogP contribution in [0, 0.1) is 17.8 Å². The van der Waals surface area contributed by atoms with E-state index in [1.807, 2.05) is 86.6 Å². The highest BCUT2D eigenvalue weighted by atomic mass is 16.5. The molecule has 4 aromatic carbocycles. The maximum atomic E-state index is 13.6. The van der Waals surface area contributed by atoms with Crippen LogP contribution in [0.4, 0.5) is 0 Å². The minimum atomic E-state index is -1.27. The van der Waals surface area contributed by atoms with E-state index in [1.165, 1.54) is 0 Å². The van der Waals surface area contributed by atoms with Crippen molar-refractivity contribution in [3.8, 4) is 0 Å². The lowest BCUT2D eigenvalue weighted by molar-refractivity contribution is -0.148. The van der Waals surface area contributed by atoms with E-state index in [-0.39, 0.29) is 38.2 Å². The zero-order chi connectivity index (χ0) is 36.8. The molecular formula is C41H45N3O7. The average Bonchev–Trinajstić information content (AvgIpc) is 3.12. The van der Waals surface area contributed by atoms with Crippen LogP contribution < -0.4 is 16.4 Å². The normalized spacial score (nSPS) is 12.8. The molecule has 0 aliphatic heterocycles. The third-order valence-corrected chi connectivity index (χ3v) is 8.54. The number of benzene rings is 4. The number of nitrogens with two attached hydrogens (primary N) is 1. The Kier molecular flexibility index (Phi) is 14.2. The number of hydrogen-bond acceptors (Lipinski definition) is 7. The van der Waals surface area contributed by atoms with E-state index in [9.17, 15) is 28.8 Å². The number of fused-ring (bicyclic) bond motifs is 1. The van der Waals surface area contributed by atoms with Gasteiger partial charge in [0.1, 0.15) is 12.6 Å². The first-order valence-electron chi connectivity index (χ1n) is 17.1. The molecule has 0 spiro atoms. The molecule has 3 amide bonds. The summed E-state index contributed by atoms with van der Waals surface area (Å²) in [6.07, 6.45) is 0.165. The van der Waals surface area contributed by atoms with E-state index in [0.29, 0.717) is 12.0 Å². The van der Waals surface area contributed by atoms with Gasteiger partial charge in [0, 0.05) is 24.7 Å². The first kappa shape index (κ1) is 38.2. The van der Waals surface area contributed by atoms with Crippen molar-refractivity contribution in [2.24, 2.45) is 23.5 Å². The van der Waals surface area contributed by atoms with Gasteiger partial charge in [-0.15, -0.1) is 0 Å². The van der Waals surface area contributed by atoms with Gasteiger partial charge in [0.25, 0.3) is 5.91 Å². The van der Waals surface area contributed by atoms with Crippen molar-refractivity contribution in [2.45, 2.75) is 58.6 Å². The van der Waals surface area contributed by atoms with E-state index in [4.69, 9.17) is 10.5 Å². The quantitative estimate of drug-likeness (QED) is 0.0953. The first-order chi connectivity index (χ1) is 24.5. The van der Waals surface area contributed by atoms with Gasteiger partial charge in [-0.2, -0.15) is 0 Å². The monoisotopic (exact) mass is 691 g/mol. The summed E-state index contributed by atoms with van der Waals surface area (Å²) in [5, 5.41) is 7.10. The van der Waals surface area contributed by atoms with E-state index in [0.717, 1.165) is 21.9 Å². The van der Waals surface area contributed by atoms with Crippen LogP contribution in [0.2, 0.25) is 0 Å². The van der Waals surface area contributed by atoms with Crippen LogP contribution in [0.15, 0.2) is 103 Å². The number of nitrogens with one attached hydrogen (secondary N) is 2. The molecule has 3 unspecified atom stereocenters. The van der Waals surface area contributed by atoms with Crippen molar-refractivity contribution in [1.29, 1.82) is 0 Å². The van der Waals surface area contributed by atoms with E-state index < -0.39 is 59.7 Å². The van der Waals surface area contributed by atoms with Crippen molar-refractivity contribution in [1.82, 2.24) is 10.6 Å². The molecule has 266 valence electrons. The summed E-state index contributed by atoms with van der Waals surface area (Å²) >= 11 is 0. The predicted molar refractivity (Wildman–Crippen MR) is 194 cm³/mol. The molecule has 10 heteroatoms. The number of esters is 1. The fourth-order valence-corrected chi connectivity index (χ4v) is 5.89. The SMILES string of the molecule is CC(C)CC(CC(=O)OCc1ccccc1)C(=O)NC(Cc1ccccc1)C(=O)C(=O)NCC(=O)CC(Cc1ccc2ccccc2c1)C(N)=O. The highest BCUT2D eigenvalue weighted by Crippen LogP contribution is 2.20. The number of carbonyl (C=O) groups excluding carboxylic acids is 6. The molecule has 0 fully saturated rings. The van der Waals surface area contributed by atoms with Crippen molar-refractivity contribution < 1.29 is 33.5 Å². The maximum Gasteiger partial charge on any atom is 0.306 e. The molecule has 0 saturated heterocycles. The maximum absolute atomic E-state index is 13.6. The number of primary amides is 1. The molecular weight excluding hydrogens is 646 g/mol. The van der Waals surface area contributed by atoms with Crippen LogP contribution in [-0.2, 0) is 53.0 Å². The Morgan fingerprint density at radius 2 is 1.31 bits per heavy atom. The highest BCUT2D eigenvalue weighted by Gasteiger charge is 2.32. The van der Waals surface area contributed by atoms with Gasteiger partial charge in [-0.3, -0.25) is 28.8 Å². The van der Waals surface area contributed by atoms with Crippen molar-refractivity contribution >= 4 is 46.0 Å². The molecule has 0 aliphatic carbocycles. The largest absolute Gasteiger partial charge is 0.461 e. The Balaban J connectivity index is 1.38. The number of ether oxygens (including phenoxy) is 1. The van der Waals surface area contributed by atoms with Crippen LogP contribution in [0.3, 0.4) is 0 Å². The van der Waals surface area contributed by atoms with Gasteiger partial charge in [0.05, 0.1) is 13.0 Å². The number of rotatable bonds is 19. The molecule has 4 N–H and O–H groups in total. The molecule has 0 aromatic heterocycles. The Morgan fingerprint density at radius 3 is 1.96 bits per heavy atom. The second kappa shape index (κ2) is 18.9. The lowest BCUT2D eigenvalue weighted by Gasteiger charge is -2.23. The van der Waals surface area contributed by atoms with Gasteiger partial charge in [0.15, 0.2) is 5.78 Å². The molecule has 0 saturated carbocycles. The van der Waals surface area contributed by atoms with Gasteiger partial charge in [-0.1, -0.05) is 117 Å². The fraction of sp³-hybridized carbons (Fsp3) is 0.317. The standard InChI is InChI=1S/C41H45N3O7/c1-27(2)19-34(24-37(46)51-26-29-13-7-4-8-14-29)40(49)44-36(22-28-11-5-3-6-12-28)38(47)41(50)43-25-35(45)23-33(39(42)48)21-30-17-18-31-15-9-10-16-32(31)20-30/h3-18,20,27,33-34,36H,19,21-26H2,1-2H3,(H2,42,48)(H,43,50)(H,44,49). The number of Topliss-reactive ketones (excluding diaryl/α,β-unsaturated/α-hetero) is 2. The number of carbonyl (C=O) groups is 6. The molecule has 51 heavy (non-hydrogen) atoms. The molecule has 4 rings (SSSR count). The summed E-state index contributed by atoms with van der Waals surface area (Å²) in [6, 6.07) is 30.3. The summed E-state index contributed by atoms with van der Waals surface area (Å²) in [5.41, 5.74) is 7.98. The third kappa shape index (κ3) is 12.3. The second-order valence-corrected chi connectivity index (χ2v) is 13.2. The molecule has 0 heterocycles. The number of amides is 3. The van der Waals surface area contributed by atoms with Gasteiger partial charge < -0.3 is 21.1 Å².